The van der Waals surface area contributed by atoms with Crippen LogP contribution in [0, 0.1) is 5.82 Å². The number of halogens is 2. The molecule has 0 aliphatic heterocycles. The number of nitrogens with zero attached hydrogens (tertiary/aromatic N) is 1. The number of hydrogen-bond donors (Lipinski definition) is 1. The molecular weight excluding hydrogens is 427 g/mol. The third kappa shape index (κ3) is 4.50. The van der Waals surface area contributed by atoms with Crippen LogP contribution in [0.1, 0.15) is 26.3 Å². The van der Waals surface area contributed by atoms with E-state index in [1.54, 1.807) is 36.4 Å². The molecule has 0 unspecified atom stereocenters. The molecule has 0 amide bonds. The molecule has 0 aromatic heterocycles. The van der Waals surface area contributed by atoms with Crippen LogP contribution in [0.15, 0.2) is 82.4 Å². The van der Waals surface area contributed by atoms with Crippen LogP contribution < -0.4 is 10.6 Å². The van der Waals surface area contributed by atoms with Gasteiger partial charge in [-0.15, -0.1) is 0 Å². The van der Waals surface area contributed by atoms with Gasteiger partial charge < -0.3 is 10.6 Å². The van der Waals surface area contributed by atoms with E-state index in [1.165, 1.54) is 36.4 Å². The molecule has 0 aliphatic rings. The molecule has 3 aromatic rings. The number of carbonyl (C=O) groups excluding carboxylic acids is 2. The van der Waals surface area contributed by atoms with Crippen LogP contribution >= 0.6 is 15.9 Å². The van der Waals surface area contributed by atoms with Crippen molar-refractivity contribution < 1.29 is 18.7 Å². The Hall–Kier alpha value is -3.32. The number of benzene rings is 3. The molecule has 0 spiro atoms. The van der Waals surface area contributed by atoms with Crippen molar-refractivity contribution in [3.05, 3.63) is 99.8 Å². The van der Waals surface area contributed by atoms with Crippen molar-refractivity contribution in [3.8, 4) is 5.75 Å². The summed E-state index contributed by atoms with van der Waals surface area (Å²) in [5.41, 5.74) is 1.12. The first-order valence-corrected chi connectivity index (χ1v) is 8.93. The summed E-state index contributed by atoms with van der Waals surface area (Å²) in [7, 11) is 0. The molecule has 0 saturated carbocycles. The molecule has 3 rings (SSSR count). The number of esters is 1. The molecule has 7 heteroatoms. The maximum atomic E-state index is 13.0. The van der Waals surface area contributed by atoms with Crippen LogP contribution in [0.4, 0.5) is 4.39 Å². The van der Waals surface area contributed by atoms with E-state index in [0.717, 1.165) is 4.47 Å². The molecule has 0 fully saturated rings. The normalized spacial score (nSPS) is 11.1. The molecule has 0 saturated heterocycles. The SMILES string of the molecule is N/N=C(/C(=O)c1ccc(F)cc1)c1ccc(OC(=O)c2ccc(Br)cc2)cc1. The second kappa shape index (κ2) is 8.58. The van der Waals surface area contributed by atoms with Gasteiger partial charge in [-0.25, -0.2) is 9.18 Å². The van der Waals surface area contributed by atoms with Crippen LogP contribution in [0.3, 0.4) is 0 Å². The van der Waals surface area contributed by atoms with Crippen molar-refractivity contribution in [1.29, 1.82) is 0 Å². The Morgan fingerprint density at radius 1 is 0.821 bits per heavy atom. The lowest BCUT2D eigenvalue weighted by Gasteiger charge is -2.08. The molecule has 0 radical (unpaired) electrons. The topological polar surface area (TPSA) is 81.8 Å². The monoisotopic (exact) mass is 440 g/mol. The highest BCUT2D eigenvalue weighted by Gasteiger charge is 2.17. The van der Waals surface area contributed by atoms with Crippen LogP contribution in [-0.4, -0.2) is 17.5 Å². The highest BCUT2D eigenvalue weighted by atomic mass is 79.9. The van der Waals surface area contributed by atoms with E-state index < -0.39 is 17.6 Å². The van der Waals surface area contributed by atoms with Gasteiger partial charge >= 0.3 is 5.97 Å². The molecular formula is C21H14BrFN2O3. The van der Waals surface area contributed by atoms with Crippen LogP contribution in [0.2, 0.25) is 0 Å². The van der Waals surface area contributed by atoms with E-state index in [4.69, 9.17) is 10.6 Å². The Morgan fingerprint density at radius 2 is 1.36 bits per heavy atom. The second-order valence-electron chi connectivity index (χ2n) is 5.73. The van der Waals surface area contributed by atoms with Gasteiger partial charge in [-0.1, -0.05) is 15.9 Å². The quantitative estimate of drug-likeness (QED) is 0.159. The van der Waals surface area contributed by atoms with Gasteiger partial charge in [-0.2, -0.15) is 5.10 Å². The Balaban J connectivity index is 1.75. The molecule has 0 heterocycles. The number of Topliss-reactive ketones (excluding diaryl/α,β-unsaturated/α-hetero) is 1. The summed E-state index contributed by atoms with van der Waals surface area (Å²) in [6.07, 6.45) is 0. The Kier molecular flexibility index (Phi) is 5.96. The van der Waals surface area contributed by atoms with Crippen LogP contribution in [-0.2, 0) is 0 Å². The third-order valence-electron chi connectivity index (χ3n) is 3.87. The zero-order chi connectivity index (χ0) is 20.1. The van der Waals surface area contributed by atoms with Crippen molar-refractivity contribution in [2.24, 2.45) is 10.9 Å². The average molecular weight is 441 g/mol. The molecule has 0 atom stereocenters. The summed E-state index contributed by atoms with van der Waals surface area (Å²) in [4.78, 5) is 24.7. The zero-order valence-corrected chi connectivity index (χ0v) is 16.0. The Morgan fingerprint density at radius 3 is 1.93 bits per heavy atom. The van der Waals surface area contributed by atoms with E-state index in [2.05, 4.69) is 21.0 Å². The van der Waals surface area contributed by atoms with Gasteiger partial charge in [0.1, 0.15) is 17.3 Å². The number of hydrogen-bond acceptors (Lipinski definition) is 5. The third-order valence-corrected chi connectivity index (χ3v) is 4.40. The highest BCUT2D eigenvalue weighted by molar-refractivity contribution is 9.10. The van der Waals surface area contributed by atoms with Crippen LogP contribution in [0.5, 0.6) is 5.75 Å². The van der Waals surface area contributed by atoms with Gasteiger partial charge in [0.15, 0.2) is 0 Å². The molecule has 140 valence electrons. The molecule has 0 aliphatic carbocycles. The fourth-order valence-electron chi connectivity index (χ4n) is 2.44. The molecule has 28 heavy (non-hydrogen) atoms. The number of nitrogens with two attached hydrogens (primary N) is 1. The lowest BCUT2D eigenvalue weighted by atomic mass is 10.0. The van der Waals surface area contributed by atoms with Crippen molar-refractivity contribution >= 4 is 33.4 Å². The van der Waals surface area contributed by atoms with Crippen molar-refractivity contribution in [2.75, 3.05) is 0 Å². The minimum atomic E-state index is -0.504. The number of ketones is 1. The van der Waals surface area contributed by atoms with Crippen molar-refractivity contribution in [3.63, 3.8) is 0 Å². The van der Waals surface area contributed by atoms with Gasteiger partial charge in [0.05, 0.1) is 5.56 Å². The summed E-state index contributed by atoms with van der Waals surface area (Å²) < 4.78 is 19.2. The Labute approximate surface area is 168 Å². The largest absolute Gasteiger partial charge is 0.423 e. The van der Waals surface area contributed by atoms with Gasteiger partial charge in [0.25, 0.3) is 0 Å². The van der Waals surface area contributed by atoms with Gasteiger partial charge in [-0.05, 0) is 72.8 Å². The standard InChI is InChI=1S/C21H14BrFN2O3/c22-16-7-1-15(2-8-16)21(27)28-18-11-5-13(6-12-18)19(25-24)20(26)14-3-9-17(23)10-4-14/h1-12H,24H2/b25-19+. The molecule has 2 N–H and O–H groups in total. The lowest BCUT2D eigenvalue weighted by Crippen LogP contribution is -2.18. The van der Waals surface area contributed by atoms with Gasteiger partial charge in [0.2, 0.25) is 5.78 Å². The van der Waals surface area contributed by atoms with E-state index >= 15 is 0 Å². The van der Waals surface area contributed by atoms with Crippen molar-refractivity contribution in [2.45, 2.75) is 0 Å². The summed E-state index contributed by atoms with van der Waals surface area (Å²) in [6, 6.07) is 18.1. The number of hydrazone groups is 1. The fraction of sp³-hybridized carbons (Fsp3) is 0. The molecule has 0 bridgehead atoms. The average Bonchev–Trinajstić information content (AvgIpc) is 2.70. The summed E-state index contributed by atoms with van der Waals surface area (Å²) in [5, 5.41) is 3.56. The van der Waals surface area contributed by atoms with E-state index in [-0.39, 0.29) is 11.3 Å². The van der Waals surface area contributed by atoms with E-state index in [9.17, 15) is 14.0 Å². The van der Waals surface area contributed by atoms with E-state index in [1.807, 2.05) is 0 Å². The van der Waals surface area contributed by atoms with Gasteiger partial charge in [0, 0.05) is 15.6 Å². The minimum Gasteiger partial charge on any atom is -0.423 e. The van der Waals surface area contributed by atoms with Gasteiger partial charge in [-0.3, -0.25) is 4.79 Å². The smallest absolute Gasteiger partial charge is 0.343 e. The first-order valence-electron chi connectivity index (χ1n) is 8.14. The predicted octanol–water partition coefficient (Wildman–Crippen LogP) is 4.35. The first-order chi connectivity index (χ1) is 13.5. The molecule has 5 nitrogen and oxygen atoms in total. The second-order valence-corrected chi connectivity index (χ2v) is 6.65. The number of rotatable bonds is 5. The number of ether oxygens (including phenoxy) is 1. The Bertz CT molecular complexity index is 1030. The highest BCUT2D eigenvalue weighted by Crippen LogP contribution is 2.18. The van der Waals surface area contributed by atoms with Crippen LogP contribution in [0.25, 0.3) is 0 Å². The maximum Gasteiger partial charge on any atom is 0.343 e. The fourth-order valence-corrected chi connectivity index (χ4v) is 2.70. The summed E-state index contributed by atoms with van der Waals surface area (Å²) in [5.74, 6) is 4.30. The maximum absolute atomic E-state index is 13.0. The minimum absolute atomic E-state index is 0.0115. The lowest BCUT2D eigenvalue weighted by molar-refractivity contribution is 0.0734. The molecule has 3 aromatic carbocycles. The van der Waals surface area contributed by atoms with Crippen molar-refractivity contribution in [1.82, 2.24) is 0 Å². The predicted molar refractivity (Wildman–Crippen MR) is 107 cm³/mol. The zero-order valence-electron chi connectivity index (χ0n) is 14.4. The van der Waals surface area contributed by atoms with E-state index in [0.29, 0.717) is 16.9 Å². The number of carbonyl (C=O) groups is 2. The summed E-state index contributed by atoms with van der Waals surface area (Å²) >= 11 is 3.30. The first kappa shape index (κ1) is 19.4. The summed E-state index contributed by atoms with van der Waals surface area (Å²) in [6.45, 7) is 0.